The maximum atomic E-state index is 13.2. The van der Waals surface area contributed by atoms with Crippen molar-refractivity contribution in [3.8, 4) is 5.75 Å². The normalized spacial score (nSPS) is 10.2. The van der Waals surface area contributed by atoms with Gasteiger partial charge in [-0.1, -0.05) is 6.07 Å². The van der Waals surface area contributed by atoms with Crippen LogP contribution in [-0.4, -0.2) is 11.0 Å². The van der Waals surface area contributed by atoms with Crippen molar-refractivity contribution in [1.29, 1.82) is 0 Å². The largest absolute Gasteiger partial charge is 0.505 e. The molecule has 2 aromatic rings. The van der Waals surface area contributed by atoms with E-state index in [0.717, 1.165) is 18.2 Å². The van der Waals surface area contributed by atoms with Crippen LogP contribution in [-0.2, 0) is 0 Å². The van der Waals surface area contributed by atoms with E-state index in [2.05, 4.69) is 5.32 Å². The number of phenols is 1. The van der Waals surface area contributed by atoms with E-state index in [1.165, 1.54) is 18.2 Å². The highest BCUT2D eigenvalue weighted by atomic mass is 19.1. The van der Waals surface area contributed by atoms with Crippen LogP contribution in [0.2, 0.25) is 0 Å². The molecule has 1 amide bonds. The molecule has 0 saturated heterocycles. The first-order chi connectivity index (χ1) is 8.99. The van der Waals surface area contributed by atoms with Crippen molar-refractivity contribution >= 4 is 17.3 Å². The molecule has 0 bridgehead atoms. The Hall–Kier alpha value is -2.63. The van der Waals surface area contributed by atoms with E-state index in [-0.39, 0.29) is 16.9 Å². The fraction of sp³-hybridized carbons (Fsp3) is 0. The third-order valence-corrected chi connectivity index (χ3v) is 2.50. The molecule has 98 valence electrons. The van der Waals surface area contributed by atoms with Gasteiger partial charge in [0.15, 0.2) is 11.6 Å². The molecule has 0 unspecified atom stereocenters. The van der Waals surface area contributed by atoms with Gasteiger partial charge in [0.1, 0.15) is 5.82 Å². The van der Waals surface area contributed by atoms with Crippen molar-refractivity contribution < 1.29 is 18.7 Å². The van der Waals surface area contributed by atoms with Crippen molar-refractivity contribution in [2.45, 2.75) is 0 Å². The Kier molecular flexibility index (Phi) is 3.33. The summed E-state index contributed by atoms with van der Waals surface area (Å²) in [6.07, 6.45) is 0. The van der Waals surface area contributed by atoms with E-state index in [1.54, 1.807) is 0 Å². The highest BCUT2D eigenvalue weighted by Gasteiger charge is 2.13. The third kappa shape index (κ3) is 2.62. The monoisotopic (exact) mass is 264 g/mol. The molecule has 0 spiro atoms. The second kappa shape index (κ2) is 4.93. The highest BCUT2D eigenvalue weighted by Crippen LogP contribution is 2.21. The number of amides is 1. The summed E-state index contributed by atoms with van der Waals surface area (Å²) in [5.74, 6) is -2.76. The number of carbonyl (C=O) groups excluding carboxylic acids is 1. The number of hydrogen-bond donors (Lipinski definition) is 3. The highest BCUT2D eigenvalue weighted by molar-refractivity contribution is 6.07. The van der Waals surface area contributed by atoms with Gasteiger partial charge < -0.3 is 16.2 Å². The molecule has 0 aromatic heterocycles. The van der Waals surface area contributed by atoms with Crippen molar-refractivity contribution in [3.05, 3.63) is 53.6 Å². The number of benzene rings is 2. The summed E-state index contributed by atoms with van der Waals surface area (Å²) < 4.78 is 26.3. The van der Waals surface area contributed by atoms with Gasteiger partial charge in [-0.05, 0) is 24.3 Å². The zero-order valence-electron chi connectivity index (χ0n) is 9.65. The Morgan fingerprint density at radius 2 is 1.89 bits per heavy atom. The predicted octanol–water partition coefficient (Wildman–Crippen LogP) is 2.50. The number of halogens is 2. The summed E-state index contributed by atoms with van der Waals surface area (Å²) in [4.78, 5) is 11.8. The first-order valence-electron chi connectivity index (χ1n) is 5.33. The van der Waals surface area contributed by atoms with Gasteiger partial charge in [-0.3, -0.25) is 4.79 Å². The minimum absolute atomic E-state index is 0.0477. The molecule has 6 heteroatoms. The summed E-state index contributed by atoms with van der Waals surface area (Å²) in [6.45, 7) is 0. The Morgan fingerprint density at radius 3 is 2.58 bits per heavy atom. The van der Waals surface area contributed by atoms with Crippen molar-refractivity contribution in [2.24, 2.45) is 0 Å². The van der Waals surface area contributed by atoms with Crippen LogP contribution >= 0.6 is 0 Å². The number of aromatic hydroxyl groups is 1. The maximum Gasteiger partial charge on any atom is 0.257 e. The van der Waals surface area contributed by atoms with E-state index in [0.29, 0.717) is 0 Å². The third-order valence-electron chi connectivity index (χ3n) is 2.50. The van der Waals surface area contributed by atoms with Gasteiger partial charge in [-0.15, -0.1) is 0 Å². The van der Waals surface area contributed by atoms with Crippen LogP contribution in [0.4, 0.5) is 20.2 Å². The Balaban J connectivity index is 2.26. The maximum absolute atomic E-state index is 13.2. The van der Waals surface area contributed by atoms with Gasteiger partial charge in [0, 0.05) is 11.8 Å². The summed E-state index contributed by atoms with van der Waals surface area (Å²) in [6, 6.07) is 7.18. The fourth-order valence-electron chi connectivity index (χ4n) is 1.52. The number of phenolic OH excluding ortho intramolecular Hbond substituents is 1. The van der Waals surface area contributed by atoms with E-state index >= 15 is 0 Å². The van der Waals surface area contributed by atoms with E-state index < -0.39 is 23.3 Å². The number of nitrogens with one attached hydrogen (secondary N) is 1. The molecule has 0 aliphatic rings. The topological polar surface area (TPSA) is 75.4 Å². The zero-order chi connectivity index (χ0) is 14.0. The number of para-hydroxylation sites is 1. The second-order valence-electron chi connectivity index (χ2n) is 3.82. The molecule has 0 radical (unpaired) electrons. The summed E-state index contributed by atoms with van der Waals surface area (Å²) in [5.41, 5.74) is 5.24. The summed E-state index contributed by atoms with van der Waals surface area (Å²) >= 11 is 0. The number of carbonyl (C=O) groups is 1. The average Bonchev–Trinajstić information content (AvgIpc) is 2.37. The van der Waals surface area contributed by atoms with Gasteiger partial charge in [0.05, 0.1) is 11.3 Å². The average molecular weight is 264 g/mol. The lowest BCUT2D eigenvalue weighted by Gasteiger charge is -2.08. The first kappa shape index (κ1) is 12.8. The number of hydrogen-bond acceptors (Lipinski definition) is 3. The molecule has 0 heterocycles. The molecule has 0 aliphatic heterocycles. The van der Waals surface area contributed by atoms with Crippen LogP contribution in [0.1, 0.15) is 10.4 Å². The molecule has 2 aromatic carbocycles. The van der Waals surface area contributed by atoms with Gasteiger partial charge in [0.25, 0.3) is 5.91 Å². The Bertz CT molecular complexity index is 645. The van der Waals surface area contributed by atoms with Crippen LogP contribution in [0, 0.1) is 11.6 Å². The van der Waals surface area contributed by atoms with Crippen LogP contribution in [0.5, 0.6) is 5.75 Å². The van der Waals surface area contributed by atoms with Crippen molar-refractivity contribution in [2.75, 3.05) is 11.1 Å². The van der Waals surface area contributed by atoms with E-state index in [4.69, 9.17) is 10.8 Å². The number of anilines is 2. The molecule has 0 atom stereocenters. The van der Waals surface area contributed by atoms with Gasteiger partial charge in [0.2, 0.25) is 0 Å². The quantitative estimate of drug-likeness (QED) is 0.576. The molecular weight excluding hydrogens is 254 g/mol. The molecule has 19 heavy (non-hydrogen) atoms. The standard InChI is InChI=1S/C13H10F2N2O2/c14-9-3-1-2-8(12(9)16)13(19)17-7-4-5-11(18)10(15)6-7/h1-6,18H,16H2,(H,17,19). The summed E-state index contributed by atoms with van der Waals surface area (Å²) in [5, 5.41) is 11.4. The summed E-state index contributed by atoms with van der Waals surface area (Å²) in [7, 11) is 0. The number of nitrogen functional groups attached to an aromatic ring is 1. The molecule has 0 fully saturated rings. The minimum Gasteiger partial charge on any atom is -0.505 e. The van der Waals surface area contributed by atoms with E-state index in [9.17, 15) is 13.6 Å². The minimum atomic E-state index is -0.870. The number of rotatable bonds is 2. The molecule has 2 rings (SSSR count). The van der Waals surface area contributed by atoms with Crippen LogP contribution in [0.25, 0.3) is 0 Å². The molecule has 4 N–H and O–H groups in total. The molecule has 4 nitrogen and oxygen atoms in total. The lowest BCUT2D eigenvalue weighted by molar-refractivity contribution is 0.102. The first-order valence-corrected chi connectivity index (χ1v) is 5.33. The van der Waals surface area contributed by atoms with E-state index in [1.807, 2.05) is 0 Å². The van der Waals surface area contributed by atoms with Crippen LogP contribution in [0.15, 0.2) is 36.4 Å². The van der Waals surface area contributed by atoms with Crippen molar-refractivity contribution in [3.63, 3.8) is 0 Å². The van der Waals surface area contributed by atoms with Gasteiger partial charge in [-0.2, -0.15) is 0 Å². The smallest absolute Gasteiger partial charge is 0.257 e. The number of nitrogens with two attached hydrogens (primary N) is 1. The predicted molar refractivity (Wildman–Crippen MR) is 66.8 cm³/mol. The fourth-order valence-corrected chi connectivity index (χ4v) is 1.52. The van der Waals surface area contributed by atoms with Crippen LogP contribution < -0.4 is 11.1 Å². The van der Waals surface area contributed by atoms with Gasteiger partial charge >= 0.3 is 0 Å². The molecule has 0 saturated carbocycles. The Morgan fingerprint density at radius 1 is 1.16 bits per heavy atom. The van der Waals surface area contributed by atoms with Gasteiger partial charge in [-0.25, -0.2) is 8.78 Å². The SMILES string of the molecule is Nc1c(F)cccc1C(=O)Nc1ccc(O)c(F)c1. The van der Waals surface area contributed by atoms with Crippen molar-refractivity contribution in [1.82, 2.24) is 0 Å². The lowest BCUT2D eigenvalue weighted by Crippen LogP contribution is -2.14. The van der Waals surface area contributed by atoms with Crippen LogP contribution in [0.3, 0.4) is 0 Å². The lowest BCUT2D eigenvalue weighted by atomic mass is 10.1. The molecular formula is C13H10F2N2O2. The molecule has 0 aliphatic carbocycles. The Labute approximate surface area is 107 Å². The second-order valence-corrected chi connectivity index (χ2v) is 3.82. The zero-order valence-corrected chi connectivity index (χ0v) is 9.65.